The summed E-state index contributed by atoms with van der Waals surface area (Å²) in [5, 5.41) is 0. The van der Waals surface area contributed by atoms with Crippen LogP contribution in [0.25, 0.3) is 0 Å². The first kappa shape index (κ1) is 23.4. The van der Waals surface area contributed by atoms with Crippen LogP contribution in [0.2, 0.25) is 0 Å². The van der Waals surface area contributed by atoms with Crippen LogP contribution in [0.15, 0.2) is 53.4 Å². The Labute approximate surface area is 161 Å². The molecule has 27 heavy (non-hydrogen) atoms. The molecule has 2 rings (SSSR count). The summed E-state index contributed by atoms with van der Waals surface area (Å²) in [5.74, 6) is -1.23. The van der Waals surface area contributed by atoms with E-state index < -0.39 is 32.5 Å². The molecule has 0 radical (unpaired) electrons. The SMILES string of the molecule is Cl.NCCCN(Cc1ccccc1)S(=O)(=O)c1cc(C(F)(F)F)ccc1F. The molecular weight excluding hydrogens is 408 g/mol. The summed E-state index contributed by atoms with van der Waals surface area (Å²) in [6.07, 6.45) is -4.49. The summed E-state index contributed by atoms with van der Waals surface area (Å²) in [7, 11) is -4.48. The molecule has 2 N–H and O–H groups in total. The van der Waals surface area contributed by atoms with Crippen molar-refractivity contribution in [3.8, 4) is 0 Å². The Bertz CT molecular complexity index is 846. The molecule has 0 unspecified atom stereocenters. The van der Waals surface area contributed by atoms with Crippen LogP contribution in [0.4, 0.5) is 17.6 Å². The number of halogens is 5. The molecule has 10 heteroatoms. The van der Waals surface area contributed by atoms with E-state index in [9.17, 15) is 26.0 Å². The summed E-state index contributed by atoms with van der Waals surface area (Å²) < 4.78 is 79.3. The summed E-state index contributed by atoms with van der Waals surface area (Å²) in [4.78, 5) is -1.000. The van der Waals surface area contributed by atoms with Gasteiger partial charge in [-0.05, 0) is 36.7 Å². The first-order chi connectivity index (χ1) is 12.2. The van der Waals surface area contributed by atoms with Gasteiger partial charge in [0, 0.05) is 13.1 Å². The molecule has 0 aromatic heterocycles. The minimum absolute atomic E-state index is 0. The molecule has 0 aliphatic heterocycles. The van der Waals surface area contributed by atoms with Gasteiger partial charge in [-0.3, -0.25) is 0 Å². The highest BCUT2D eigenvalue weighted by Crippen LogP contribution is 2.32. The van der Waals surface area contributed by atoms with Crippen LogP contribution in [0.1, 0.15) is 17.5 Å². The van der Waals surface area contributed by atoms with Gasteiger partial charge in [0.05, 0.1) is 5.56 Å². The van der Waals surface area contributed by atoms with Gasteiger partial charge in [-0.2, -0.15) is 17.5 Å². The van der Waals surface area contributed by atoms with Gasteiger partial charge in [-0.1, -0.05) is 30.3 Å². The van der Waals surface area contributed by atoms with Crippen LogP contribution < -0.4 is 5.73 Å². The molecule has 2 aromatic carbocycles. The molecule has 0 amide bonds. The van der Waals surface area contributed by atoms with Crippen LogP contribution in [0, 0.1) is 5.82 Å². The smallest absolute Gasteiger partial charge is 0.330 e. The van der Waals surface area contributed by atoms with E-state index in [1.54, 1.807) is 30.3 Å². The van der Waals surface area contributed by atoms with E-state index in [-0.39, 0.29) is 38.5 Å². The third-order valence-corrected chi connectivity index (χ3v) is 5.55. The molecule has 0 atom stereocenters. The monoisotopic (exact) mass is 426 g/mol. The molecular formula is C17H19ClF4N2O2S. The highest BCUT2D eigenvalue weighted by Gasteiger charge is 2.34. The average Bonchev–Trinajstić information content (AvgIpc) is 2.58. The van der Waals surface area contributed by atoms with Crippen molar-refractivity contribution < 1.29 is 26.0 Å². The van der Waals surface area contributed by atoms with Gasteiger partial charge in [0.15, 0.2) is 0 Å². The summed E-state index contributed by atoms with van der Waals surface area (Å²) in [6, 6.07) is 9.84. The number of hydrogen-bond acceptors (Lipinski definition) is 3. The Morgan fingerprint density at radius 3 is 2.22 bits per heavy atom. The lowest BCUT2D eigenvalue weighted by Crippen LogP contribution is -2.33. The van der Waals surface area contributed by atoms with E-state index in [1.807, 2.05) is 0 Å². The fourth-order valence-electron chi connectivity index (χ4n) is 2.36. The Kier molecular flexibility index (Phi) is 8.22. The fourth-order valence-corrected chi connectivity index (χ4v) is 3.91. The molecule has 0 heterocycles. The van der Waals surface area contributed by atoms with Crippen LogP contribution >= 0.6 is 12.4 Å². The number of sulfonamides is 1. The minimum Gasteiger partial charge on any atom is -0.330 e. The van der Waals surface area contributed by atoms with Crippen LogP contribution in [0.5, 0.6) is 0 Å². The first-order valence-corrected chi connectivity index (χ1v) is 9.21. The minimum atomic E-state index is -4.78. The Balaban J connectivity index is 0.00000364. The Hall–Kier alpha value is -1.68. The number of rotatable bonds is 7. The Morgan fingerprint density at radius 1 is 1.04 bits per heavy atom. The zero-order valence-electron chi connectivity index (χ0n) is 14.1. The van der Waals surface area contributed by atoms with E-state index in [0.717, 1.165) is 4.31 Å². The van der Waals surface area contributed by atoms with E-state index in [4.69, 9.17) is 5.73 Å². The van der Waals surface area contributed by atoms with Crippen molar-refractivity contribution in [1.29, 1.82) is 0 Å². The second kappa shape index (κ2) is 9.50. The molecule has 0 saturated heterocycles. The van der Waals surface area contributed by atoms with Crippen molar-refractivity contribution in [2.45, 2.75) is 24.0 Å². The van der Waals surface area contributed by atoms with Gasteiger partial charge in [0.2, 0.25) is 10.0 Å². The maximum Gasteiger partial charge on any atom is 0.416 e. The molecule has 4 nitrogen and oxygen atoms in total. The molecule has 150 valence electrons. The second-order valence-electron chi connectivity index (χ2n) is 5.61. The predicted molar refractivity (Wildman–Crippen MR) is 96.4 cm³/mol. The lowest BCUT2D eigenvalue weighted by Gasteiger charge is -2.23. The number of alkyl halides is 3. The van der Waals surface area contributed by atoms with Crippen LogP contribution in [-0.4, -0.2) is 25.8 Å². The third-order valence-electron chi connectivity index (χ3n) is 3.69. The summed E-state index contributed by atoms with van der Waals surface area (Å²) in [6.45, 7) is 0.0498. The molecule has 0 saturated carbocycles. The van der Waals surface area contributed by atoms with Gasteiger partial charge >= 0.3 is 6.18 Å². The zero-order chi connectivity index (χ0) is 19.4. The second-order valence-corrected chi connectivity index (χ2v) is 7.52. The van der Waals surface area contributed by atoms with Crippen LogP contribution in [0.3, 0.4) is 0 Å². The molecule has 0 spiro atoms. The predicted octanol–water partition coefficient (Wildman–Crippen LogP) is 3.81. The van der Waals surface area contributed by atoms with Crippen molar-refractivity contribution in [3.63, 3.8) is 0 Å². The summed E-state index contributed by atoms with van der Waals surface area (Å²) >= 11 is 0. The van der Waals surface area contributed by atoms with E-state index in [1.165, 1.54) is 0 Å². The zero-order valence-corrected chi connectivity index (χ0v) is 15.7. The van der Waals surface area contributed by atoms with Gasteiger partial charge in [-0.15, -0.1) is 12.4 Å². The Morgan fingerprint density at radius 2 is 1.67 bits per heavy atom. The number of nitrogens with zero attached hydrogens (tertiary/aromatic N) is 1. The maximum absolute atomic E-state index is 14.1. The standard InChI is InChI=1S/C17H18F4N2O2S.ClH/c18-15-8-7-14(17(19,20)21)11-16(15)26(24,25)23(10-4-9-22)12-13-5-2-1-3-6-13;/h1-3,5-8,11H,4,9-10,12,22H2;1H. The van der Waals surface area contributed by atoms with Crippen molar-refractivity contribution in [2.24, 2.45) is 5.73 Å². The number of benzene rings is 2. The highest BCUT2D eigenvalue weighted by molar-refractivity contribution is 7.89. The molecule has 0 aliphatic rings. The topological polar surface area (TPSA) is 63.4 Å². The summed E-state index contributed by atoms with van der Waals surface area (Å²) in [5.41, 5.74) is 4.82. The lowest BCUT2D eigenvalue weighted by molar-refractivity contribution is -0.137. The fraction of sp³-hybridized carbons (Fsp3) is 0.294. The first-order valence-electron chi connectivity index (χ1n) is 7.77. The van der Waals surface area contributed by atoms with Crippen LogP contribution in [-0.2, 0) is 22.7 Å². The highest BCUT2D eigenvalue weighted by atomic mass is 35.5. The van der Waals surface area contributed by atoms with Crippen molar-refractivity contribution in [1.82, 2.24) is 4.31 Å². The van der Waals surface area contributed by atoms with Gasteiger partial charge < -0.3 is 5.73 Å². The maximum atomic E-state index is 14.1. The quantitative estimate of drug-likeness (QED) is 0.685. The van der Waals surface area contributed by atoms with Gasteiger partial charge in [0.1, 0.15) is 10.7 Å². The van der Waals surface area contributed by atoms with Crippen molar-refractivity contribution in [3.05, 3.63) is 65.5 Å². The average molecular weight is 427 g/mol. The van der Waals surface area contributed by atoms with E-state index >= 15 is 0 Å². The number of nitrogens with two attached hydrogens (primary N) is 1. The van der Waals surface area contributed by atoms with Crippen molar-refractivity contribution in [2.75, 3.05) is 13.1 Å². The van der Waals surface area contributed by atoms with E-state index in [2.05, 4.69) is 0 Å². The van der Waals surface area contributed by atoms with Gasteiger partial charge in [-0.25, -0.2) is 12.8 Å². The normalized spacial score (nSPS) is 12.1. The molecule has 0 fully saturated rings. The molecule has 2 aromatic rings. The molecule has 0 aliphatic carbocycles. The molecule has 0 bridgehead atoms. The largest absolute Gasteiger partial charge is 0.416 e. The third kappa shape index (κ3) is 5.90. The lowest BCUT2D eigenvalue weighted by atomic mass is 10.2. The van der Waals surface area contributed by atoms with Gasteiger partial charge in [0.25, 0.3) is 0 Å². The van der Waals surface area contributed by atoms with Crippen molar-refractivity contribution >= 4 is 22.4 Å². The number of hydrogen-bond donors (Lipinski definition) is 1. The van der Waals surface area contributed by atoms with E-state index in [0.29, 0.717) is 23.8 Å².